The Morgan fingerprint density at radius 3 is 2.33 bits per heavy atom. The molecule has 0 aliphatic carbocycles. The first-order valence-electron chi connectivity index (χ1n) is 5.95. The molecule has 0 aliphatic heterocycles. The highest BCUT2D eigenvalue weighted by Crippen LogP contribution is 2.23. The van der Waals surface area contributed by atoms with Crippen LogP contribution in [0.1, 0.15) is 16.8 Å². The first-order chi connectivity index (χ1) is 8.49. The van der Waals surface area contributed by atoms with E-state index in [9.17, 15) is 0 Å². The molecular weight excluding hydrogens is 246 g/mol. The standard InChI is InChI=1S/C14H18ClN3/c1-10-5-7-12(8-6-10)17(3)9-13-11(2)16-18(4)14(13)15/h5-8H,9H2,1-4H3. The number of hydrogen-bond donors (Lipinski definition) is 0. The molecule has 0 spiro atoms. The van der Waals surface area contributed by atoms with Gasteiger partial charge >= 0.3 is 0 Å². The number of nitrogens with zero attached hydrogens (tertiary/aromatic N) is 3. The van der Waals surface area contributed by atoms with Crippen molar-refractivity contribution in [3.8, 4) is 0 Å². The van der Waals surface area contributed by atoms with Crippen LogP contribution in [0.25, 0.3) is 0 Å². The molecular formula is C14H18ClN3. The highest BCUT2D eigenvalue weighted by Gasteiger charge is 2.13. The molecule has 0 aliphatic rings. The van der Waals surface area contributed by atoms with Crippen LogP contribution >= 0.6 is 11.6 Å². The minimum Gasteiger partial charge on any atom is -0.370 e. The Kier molecular flexibility index (Phi) is 3.62. The zero-order valence-corrected chi connectivity index (χ0v) is 12.0. The lowest BCUT2D eigenvalue weighted by Gasteiger charge is -2.19. The molecule has 0 N–H and O–H groups in total. The van der Waals surface area contributed by atoms with Gasteiger partial charge in [0, 0.05) is 31.9 Å². The van der Waals surface area contributed by atoms with Gasteiger partial charge < -0.3 is 4.90 Å². The first kappa shape index (κ1) is 13.0. The summed E-state index contributed by atoms with van der Waals surface area (Å²) in [6.07, 6.45) is 0. The molecule has 0 radical (unpaired) electrons. The Balaban J connectivity index is 2.21. The molecule has 0 unspecified atom stereocenters. The number of hydrogen-bond acceptors (Lipinski definition) is 2. The highest BCUT2D eigenvalue weighted by atomic mass is 35.5. The second kappa shape index (κ2) is 5.02. The SMILES string of the molecule is Cc1ccc(N(C)Cc2c(C)nn(C)c2Cl)cc1. The normalized spacial score (nSPS) is 10.7. The van der Waals surface area contributed by atoms with Gasteiger partial charge in [0.05, 0.1) is 5.69 Å². The molecule has 0 saturated heterocycles. The summed E-state index contributed by atoms with van der Waals surface area (Å²) in [5.74, 6) is 0. The van der Waals surface area contributed by atoms with Crippen LogP contribution in [-0.2, 0) is 13.6 Å². The first-order valence-corrected chi connectivity index (χ1v) is 6.32. The van der Waals surface area contributed by atoms with E-state index in [2.05, 4.69) is 48.2 Å². The lowest BCUT2D eigenvalue weighted by Crippen LogP contribution is -2.16. The van der Waals surface area contributed by atoms with E-state index in [1.165, 1.54) is 11.3 Å². The third-order valence-corrected chi connectivity index (χ3v) is 3.61. The lowest BCUT2D eigenvalue weighted by molar-refractivity contribution is 0.757. The largest absolute Gasteiger partial charge is 0.370 e. The van der Waals surface area contributed by atoms with Gasteiger partial charge in [0.1, 0.15) is 5.15 Å². The molecule has 0 fully saturated rings. The second-order valence-corrected chi connectivity index (χ2v) is 5.03. The van der Waals surface area contributed by atoms with E-state index >= 15 is 0 Å². The zero-order valence-electron chi connectivity index (χ0n) is 11.2. The molecule has 0 saturated carbocycles. The number of rotatable bonds is 3. The number of halogens is 1. The van der Waals surface area contributed by atoms with Gasteiger partial charge in [0.15, 0.2) is 0 Å². The maximum atomic E-state index is 6.24. The summed E-state index contributed by atoms with van der Waals surface area (Å²) in [5.41, 5.74) is 4.52. The molecule has 96 valence electrons. The number of anilines is 1. The van der Waals surface area contributed by atoms with E-state index in [0.29, 0.717) is 5.15 Å². The van der Waals surface area contributed by atoms with Crippen molar-refractivity contribution in [1.82, 2.24) is 9.78 Å². The summed E-state index contributed by atoms with van der Waals surface area (Å²) < 4.78 is 1.72. The van der Waals surface area contributed by atoms with Crippen molar-refractivity contribution in [2.45, 2.75) is 20.4 Å². The average molecular weight is 264 g/mol. The third kappa shape index (κ3) is 2.51. The maximum Gasteiger partial charge on any atom is 0.131 e. The summed E-state index contributed by atoms with van der Waals surface area (Å²) in [6, 6.07) is 8.47. The van der Waals surface area contributed by atoms with Crippen LogP contribution in [0.5, 0.6) is 0 Å². The van der Waals surface area contributed by atoms with Crippen LogP contribution in [0, 0.1) is 13.8 Å². The molecule has 1 heterocycles. The van der Waals surface area contributed by atoms with Crippen molar-refractivity contribution in [1.29, 1.82) is 0 Å². The van der Waals surface area contributed by atoms with Gasteiger partial charge in [-0.1, -0.05) is 29.3 Å². The van der Waals surface area contributed by atoms with Gasteiger partial charge in [-0.15, -0.1) is 0 Å². The van der Waals surface area contributed by atoms with Gasteiger partial charge in [0.25, 0.3) is 0 Å². The van der Waals surface area contributed by atoms with Crippen molar-refractivity contribution in [3.05, 3.63) is 46.2 Å². The van der Waals surface area contributed by atoms with Crippen molar-refractivity contribution < 1.29 is 0 Å². The topological polar surface area (TPSA) is 21.1 Å². The van der Waals surface area contributed by atoms with Gasteiger partial charge in [-0.05, 0) is 26.0 Å². The smallest absolute Gasteiger partial charge is 0.131 e. The van der Waals surface area contributed by atoms with Crippen LogP contribution in [0.15, 0.2) is 24.3 Å². The number of aryl methyl sites for hydroxylation is 3. The third-order valence-electron chi connectivity index (χ3n) is 3.14. The van der Waals surface area contributed by atoms with E-state index in [1.807, 2.05) is 14.0 Å². The van der Waals surface area contributed by atoms with E-state index in [-0.39, 0.29) is 0 Å². The fraction of sp³-hybridized carbons (Fsp3) is 0.357. The summed E-state index contributed by atoms with van der Waals surface area (Å²) in [5, 5.41) is 5.04. The van der Waals surface area contributed by atoms with E-state index in [0.717, 1.165) is 17.8 Å². The highest BCUT2D eigenvalue weighted by molar-refractivity contribution is 6.30. The second-order valence-electron chi connectivity index (χ2n) is 4.67. The molecule has 18 heavy (non-hydrogen) atoms. The van der Waals surface area contributed by atoms with Gasteiger partial charge in [-0.2, -0.15) is 5.10 Å². The Labute approximate surface area is 113 Å². The molecule has 2 aromatic rings. The zero-order chi connectivity index (χ0) is 13.3. The van der Waals surface area contributed by atoms with Crippen molar-refractivity contribution in [3.63, 3.8) is 0 Å². The Morgan fingerprint density at radius 1 is 1.22 bits per heavy atom. The van der Waals surface area contributed by atoms with E-state index in [4.69, 9.17) is 11.6 Å². The van der Waals surface area contributed by atoms with Crippen LogP contribution in [0.3, 0.4) is 0 Å². The lowest BCUT2D eigenvalue weighted by atomic mass is 10.2. The molecule has 4 heteroatoms. The van der Waals surface area contributed by atoms with Crippen molar-refractivity contribution in [2.75, 3.05) is 11.9 Å². The van der Waals surface area contributed by atoms with E-state index < -0.39 is 0 Å². The fourth-order valence-electron chi connectivity index (χ4n) is 1.98. The summed E-state index contributed by atoms with van der Waals surface area (Å²) in [7, 11) is 3.93. The fourth-order valence-corrected chi connectivity index (χ4v) is 2.22. The molecule has 0 amide bonds. The average Bonchev–Trinajstić information content (AvgIpc) is 2.57. The summed E-state index contributed by atoms with van der Waals surface area (Å²) in [4.78, 5) is 2.18. The van der Waals surface area contributed by atoms with Crippen LogP contribution in [0.2, 0.25) is 5.15 Å². The Bertz CT molecular complexity index is 543. The quantitative estimate of drug-likeness (QED) is 0.847. The molecule has 0 atom stereocenters. The van der Waals surface area contributed by atoms with Crippen LogP contribution in [0.4, 0.5) is 5.69 Å². The minimum atomic E-state index is 0.714. The van der Waals surface area contributed by atoms with Crippen molar-refractivity contribution >= 4 is 17.3 Å². The van der Waals surface area contributed by atoms with Gasteiger partial charge in [-0.25, -0.2) is 0 Å². The van der Waals surface area contributed by atoms with Crippen LogP contribution < -0.4 is 4.90 Å². The molecule has 0 bridgehead atoms. The van der Waals surface area contributed by atoms with Crippen molar-refractivity contribution in [2.24, 2.45) is 7.05 Å². The summed E-state index contributed by atoms with van der Waals surface area (Å²) >= 11 is 6.24. The monoisotopic (exact) mass is 263 g/mol. The molecule has 1 aromatic heterocycles. The molecule has 2 rings (SSSR count). The number of aromatic nitrogens is 2. The maximum absolute atomic E-state index is 6.24. The molecule has 1 aromatic carbocycles. The number of benzene rings is 1. The summed E-state index contributed by atoms with van der Waals surface area (Å²) in [6.45, 7) is 4.84. The van der Waals surface area contributed by atoms with Gasteiger partial charge in [-0.3, -0.25) is 4.68 Å². The van der Waals surface area contributed by atoms with E-state index in [1.54, 1.807) is 4.68 Å². The van der Waals surface area contributed by atoms with Gasteiger partial charge in [0.2, 0.25) is 0 Å². The predicted octanol–water partition coefficient (Wildman–Crippen LogP) is 3.33. The predicted molar refractivity (Wildman–Crippen MR) is 76.2 cm³/mol. The van der Waals surface area contributed by atoms with Crippen LogP contribution in [-0.4, -0.2) is 16.8 Å². The Hall–Kier alpha value is -1.48. The molecule has 3 nitrogen and oxygen atoms in total. The minimum absolute atomic E-state index is 0.714. The Morgan fingerprint density at radius 2 is 1.83 bits per heavy atom.